The standard InChI is InChI=1S/C16H19ClN2O/c1-9-4-3-5-12-15(9)19(16(18-12)10(2)17)13-8-11-6-7-14(13)20-11/h3-5,10-11,13-14H,6-8H2,1-2H3. The molecular formula is C16H19ClN2O. The molecule has 3 nitrogen and oxygen atoms in total. The first-order valence-corrected chi connectivity index (χ1v) is 7.86. The van der Waals surface area contributed by atoms with Crippen LogP contribution in [-0.4, -0.2) is 21.8 Å². The number of hydrogen-bond acceptors (Lipinski definition) is 2. The van der Waals surface area contributed by atoms with Crippen molar-refractivity contribution in [1.82, 2.24) is 9.55 Å². The smallest absolute Gasteiger partial charge is 0.128 e. The summed E-state index contributed by atoms with van der Waals surface area (Å²) in [6.07, 6.45) is 4.24. The van der Waals surface area contributed by atoms with E-state index in [2.05, 4.69) is 29.7 Å². The summed E-state index contributed by atoms with van der Waals surface area (Å²) in [6.45, 7) is 4.15. The van der Waals surface area contributed by atoms with E-state index in [9.17, 15) is 0 Å². The molecule has 1 aromatic carbocycles. The fourth-order valence-electron chi connectivity index (χ4n) is 3.84. The Morgan fingerprint density at radius 2 is 2.25 bits per heavy atom. The van der Waals surface area contributed by atoms with Gasteiger partial charge >= 0.3 is 0 Å². The maximum Gasteiger partial charge on any atom is 0.128 e. The quantitative estimate of drug-likeness (QED) is 0.777. The monoisotopic (exact) mass is 290 g/mol. The van der Waals surface area contributed by atoms with Gasteiger partial charge in [-0.25, -0.2) is 4.98 Å². The van der Waals surface area contributed by atoms with E-state index in [1.165, 1.54) is 17.5 Å². The molecule has 4 unspecified atom stereocenters. The predicted octanol–water partition coefficient (Wildman–Crippen LogP) is 4.14. The van der Waals surface area contributed by atoms with Gasteiger partial charge < -0.3 is 9.30 Å². The molecule has 2 aliphatic rings. The van der Waals surface area contributed by atoms with Crippen LogP contribution < -0.4 is 0 Å². The zero-order valence-corrected chi connectivity index (χ0v) is 12.6. The van der Waals surface area contributed by atoms with Crippen molar-refractivity contribution in [2.75, 3.05) is 0 Å². The van der Waals surface area contributed by atoms with E-state index in [1.807, 2.05) is 6.92 Å². The van der Waals surface area contributed by atoms with Crippen LogP contribution >= 0.6 is 11.6 Å². The van der Waals surface area contributed by atoms with Gasteiger partial charge in [-0.3, -0.25) is 0 Å². The lowest BCUT2D eigenvalue weighted by molar-refractivity contribution is 0.0939. The summed E-state index contributed by atoms with van der Waals surface area (Å²) in [5.74, 6) is 0.983. The van der Waals surface area contributed by atoms with Gasteiger partial charge in [0.05, 0.1) is 34.7 Å². The second-order valence-corrected chi connectivity index (χ2v) is 6.73. The van der Waals surface area contributed by atoms with Crippen LogP contribution in [0, 0.1) is 6.92 Å². The summed E-state index contributed by atoms with van der Waals surface area (Å²) in [6, 6.07) is 6.69. The first kappa shape index (κ1) is 12.7. The molecule has 0 N–H and O–H groups in total. The molecule has 106 valence electrons. The zero-order chi connectivity index (χ0) is 13.9. The summed E-state index contributed by atoms with van der Waals surface area (Å²) in [5, 5.41) is -0.0825. The minimum absolute atomic E-state index is 0.0825. The number of para-hydroxylation sites is 1. The lowest BCUT2D eigenvalue weighted by Gasteiger charge is -2.24. The molecule has 0 radical (unpaired) electrons. The highest BCUT2D eigenvalue weighted by Crippen LogP contribution is 2.44. The van der Waals surface area contributed by atoms with Gasteiger partial charge in [0.15, 0.2) is 0 Å². The molecular weight excluding hydrogens is 272 g/mol. The Balaban J connectivity index is 1.94. The van der Waals surface area contributed by atoms with Gasteiger partial charge in [0, 0.05) is 0 Å². The SMILES string of the molecule is Cc1cccc2nc(C(C)Cl)n(C3CC4CCC3O4)c12. The summed E-state index contributed by atoms with van der Waals surface area (Å²) >= 11 is 6.39. The zero-order valence-electron chi connectivity index (χ0n) is 11.8. The second kappa shape index (κ2) is 4.47. The molecule has 2 fully saturated rings. The number of nitrogens with zero attached hydrogens (tertiary/aromatic N) is 2. The van der Waals surface area contributed by atoms with E-state index < -0.39 is 0 Å². The molecule has 2 saturated heterocycles. The van der Waals surface area contributed by atoms with Crippen LogP contribution in [0.3, 0.4) is 0 Å². The van der Waals surface area contributed by atoms with E-state index in [-0.39, 0.29) is 5.38 Å². The Labute approximate surface area is 123 Å². The lowest BCUT2D eigenvalue weighted by Crippen LogP contribution is -2.23. The number of halogens is 1. The average Bonchev–Trinajstić information content (AvgIpc) is 3.11. The van der Waals surface area contributed by atoms with Crippen molar-refractivity contribution in [1.29, 1.82) is 0 Å². The largest absolute Gasteiger partial charge is 0.373 e. The highest BCUT2D eigenvalue weighted by molar-refractivity contribution is 6.20. The van der Waals surface area contributed by atoms with Crippen LogP contribution in [0.5, 0.6) is 0 Å². The maximum absolute atomic E-state index is 6.39. The summed E-state index contributed by atoms with van der Waals surface area (Å²) in [5.41, 5.74) is 3.55. The fraction of sp³-hybridized carbons (Fsp3) is 0.562. The van der Waals surface area contributed by atoms with E-state index in [0.29, 0.717) is 18.2 Å². The van der Waals surface area contributed by atoms with Crippen molar-refractivity contribution < 1.29 is 4.74 Å². The van der Waals surface area contributed by atoms with Crippen LogP contribution in [-0.2, 0) is 4.74 Å². The minimum atomic E-state index is -0.0825. The Morgan fingerprint density at radius 3 is 2.90 bits per heavy atom. The second-order valence-electron chi connectivity index (χ2n) is 6.08. The van der Waals surface area contributed by atoms with Gasteiger partial charge in [-0.1, -0.05) is 12.1 Å². The molecule has 2 aromatic rings. The third-order valence-corrected chi connectivity index (χ3v) is 4.90. The number of benzene rings is 1. The normalized spacial score (nSPS) is 30.2. The van der Waals surface area contributed by atoms with Crippen LogP contribution in [0.4, 0.5) is 0 Å². The number of alkyl halides is 1. The van der Waals surface area contributed by atoms with Crippen molar-refractivity contribution >= 4 is 22.6 Å². The number of hydrogen-bond donors (Lipinski definition) is 0. The maximum atomic E-state index is 6.39. The molecule has 0 aliphatic carbocycles. The molecule has 0 saturated carbocycles. The summed E-state index contributed by atoms with van der Waals surface area (Å²) in [4.78, 5) is 4.78. The van der Waals surface area contributed by atoms with Crippen molar-refractivity contribution in [3.05, 3.63) is 29.6 Å². The van der Waals surface area contributed by atoms with Crippen molar-refractivity contribution in [2.24, 2.45) is 0 Å². The average molecular weight is 291 g/mol. The first-order chi connectivity index (χ1) is 9.65. The number of imidazole rings is 1. The molecule has 4 heteroatoms. The van der Waals surface area contributed by atoms with Gasteiger partial charge in [0.25, 0.3) is 0 Å². The van der Waals surface area contributed by atoms with Gasteiger partial charge in [0.2, 0.25) is 0 Å². The van der Waals surface area contributed by atoms with Gasteiger partial charge in [-0.15, -0.1) is 11.6 Å². The predicted molar refractivity (Wildman–Crippen MR) is 80.3 cm³/mol. The summed E-state index contributed by atoms with van der Waals surface area (Å²) in [7, 11) is 0. The van der Waals surface area contributed by atoms with Gasteiger partial charge in [-0.2, -0.15) is 0 Å². The minimum Gasteiger partial charge on any atom is -0.373 e. The van der Waals surface area contributed by atoms with Crippen molar-refractivity contribution in [3.8, 4) is 0 Å². The van der Waals surface area contributed by atoms with E-state index in [4.69, 9.17) is 21.3 Å². The van der Waals surface area contributed by atoms with Crippen LogP contribution in [0.1, 0.15) is 49.0 Å². The Morgan fingerprint density at radius 1 is 1.40 bits per heavy atom. The van der Waals surface area contributed by atoms with Gasteiger partial charge in [-0.05, 0) is 44.7 Å². The third kappa shape index (κ3) is 1.73. The Hall–Kier alpha value is -1.06. The molecule has 0 amide bonds. The number of fused-ring (bicyclic) bond motifs is 3. The number of ether oxygens (including phenoxy) is 1. The van der Waals surface area contributed by atoms with E-state index in [0.717, 1.165) is 24.2 Å². The van der Waals surface area contributed by atoms with E-state index >= 15 is 0 Å². The van der Waals surface area contributed by atoms with Gasteiger partial charge in [0.1, 0.15) is 5.82 Å². The lowest BCUT2D eigenvalue weighted by atomic mass is 9.94. The molecule has 1 aromatic heterocycles. The number of aryl methyl sites for hydroxylation is 1. The first-order valence-electron chi connectivity index (χ1n) is 7.42. The molecule has 0 spiro atoms. The highest BCUT2D eigenvalue weighted by Gasteiger charge is 2.43. The van der Waals surface area contributed by atoms with Crippen molar-refractivity contribution in [2.45, 2.75) is 56.7 Å². The summed E-state index contributed by atoms with van der Waals surface area (Å²) < 4.78 is 8.41. The van der Waals surface area contributed by atoms with Crippen LogP contribution in [0.15, 0.2) is 18.2 Å². The molecule has 4 atom stereocenters. The topological polar surface area (TPSA) is 27.1 Å². The van der Waals surface area contributed by atoms with Crippen LogP contribution in [0.25, 0.3) is 11.0 Å². The Bertz CT molecular complexity index is 664. The highest BCUT2D eigenvalue weighted by atomic mass is 35.5. The Kier molecular flexibility index (Phi) is 2.83. The molecule has 2 bridgehead atoms. The molecule has 4 rings (SSSR count). The van der Waals surface area contributed by atoms with Crippen LogP contribution in [0.2, 0.25) is 0 Å². The molecule has 2 aliphatic heterocycles. The molecule has 20 heavy (non-hydrogen) atoms. The molecule has 3 heterocycles. The van der Waals surface area contributed by atoms with Crippen molar-refractivity contribution in [3.63, 3.8) is 0 Å². The number of rotatable bonds is 2. The third-order valence-electron chi connectivity index (χ3n) is 4.70. The van der Waals surface area contributed by atoms with E-state index in [1.54, 1.807) is 0 Å². The fourth-order valence-corrected chi connectivity index (χ4v) is 3.99. The number of aromatic nitrogens is 2.